The lowest BCUT2D eigenvalue weighted by Crippen LogP contribution is -2.38. The molecule has 7 heteroatoms. The molecule has 164 valence electrons. The van der Waals surface area contributed by atoms with Gasteiger partial charge in [-0.2, -0.15) is 0 Å². The highest BCUT2D eigenvalue weighted by Gasteiger charge is 2.06. The van der Waals surface area contributed by atoms with Crippen LogP contribution in [0.3, 0.4) is 0 Å². The molecular weight excluding hydrogens is 390 g/mol. The van der Waals surface area contributed by atoms with Crippen LogP contribution in [0, 0.1) is 0 Å². The van der Waals surface area contributed by atoms with Gasteiger partial charge in [0.25, 0.3) is 0 Å². The van der Waals surface area contributed by atoms with Gasteiger partial charge < -0.3 is 24.7 Å². The van der Waals surface area contributed by atoms with E-state index in [1.165, 1.54) is 5.56 Å². The molecule has 0 radical (unpaired) electrons. The van der Waals surface area contributed by atoms with Crippen molar-refractivity contribution in [1.82, 2.24) is 20.2 Å². The molecule has 0 spiro atoms. The minimum atomic E-state index is 0.540. The third-order valence-corrected chi connectivity index (χ3v) is 4.85. The first-order valence-electron chi connectivity index (χ1n) is 10.5. The summed E-state index contributed by atoms with van der Waals surface area (Å²) >= 11 is 0. The third-order valence-electron chi connectivity index (χ3n) is 4.85. The van der Waals surface area contributed by atoms with Crippen molar-refractivity contribution in [2.24, 2.45) is 4.99 Å². The Morgan fingerprint density at radius 2 is 1.81 bits per heavy atom. The summed E-state index contributed by atoms with van der Waals surface area (Å²) in [6.07, 6.45) is 4.69. The van der Waals surface area contributed by atoms with E-state index in [0.717, 1.165) is 43.4 Å². The Kier molecular flexibility index (Phi) is 8.34. The summed E-state index contributed by atoms with van der Waals surface area (Å²) in [5, 5.41) is 6.70. The molecule has 1 aromatic heterocycles. The summed E-state index contributed by atoms with van der Waals surface area (Å²) in [6.45, 7) is 4.95. The molecular formula is C24H31N5O2. The number of imidazole rings is 1. The van der Waals surface area contributed by atoms with E-state index < -0.39 is 0 Å². The number of methoxy groups -OCH3 is 2. The van der Waals surface area contributed by atoms with Crippen molar-refractivity contribution in [1.29, 1.82) is 0 Å². The van der Waals surface area contributed by atoms with Gasteiger partial charge in [0.15, 0.2) is 17.5 Å². The molecule has 1 heterocycles. The Morgan fingerprint density at radius 3 is 2.55 bits per heavy atom. The fourth-order valence-corrected chi connectivity index (χ4v) is 3.28. The number of guanidine groups is 1. The van der Waals surface area contributed by atoms with Gasteiger partial charge in [0.1, 0.15) is 5.82 Å². The van der Waals surface area contributed by atoms with Gasteiger partial charge in [-0.3, -0.25) is 0 Å². The molecule has 0 bridgehead atoms. The molecule has 0 saturated heterocycles. The van der Waals surface area contributed by atoms with Crippen LogP contribution in [0.2, 0.25) is 0 Å². The Labute approximate surface area is 184 Å². The van der Waals surface area contributed by atoms with Gasteiger partial charge >= 0.3 is 0 Å². The first-order chi connectivity index (χ1) is 15.2. The zero-order valence-corrected chi connectivity index (χ0v) is 18.5. The molecule has 0 unspecified atom stereocenters. The van der Waals surface area contributed by atoms with Gasteiger partial charge in [-0.1, -0.05) is 36.4 Å². The summed E-state index contributed by atoms with van der Waals surface area (Å²) in [6, 6.07) is 16.3. The number of ether oxygens (including phenoxy) is 2. The number of nitrogens with zero attached hydrogens (tertiary/aromatic N) is 3. The van der Waals surface area contributed by atoms with Crippen LogP contribution in [0.4, 0.5) is 0 Å². The summed E-state index contributed by atoms with van der Waals surface area (Å²) in [5.74, 6) is 3.25. The van der Waals surface area contributed by atoms with Crippen molar-refractivity contribution in [2.45, 2.75) is 26.4 Å². The van der Waals surface area contributed by atoms with Crippen molar-refractivity contribution in [3.63, 3.8) is 0 Å². The van der Waals surface area contributed by atoms with E-state index in [-0.39, 0.29) is 0 Å². The first kappa shape index (κ1) is 22.2. The van der Waals surface area contributed by atoms with Crippen molar-refractivity contribution in [3.8, 4) is 11.5 Å². The maximum absolute atomic E-state index is 5.38. The fraction of sp³-hybridized carbons (Fsp3) is 0.333. The molecule has 7 nitrogen and oxygen atoms in total. The van der Waals surface area contributed by atoms with Gasteiger partial charge in [0.2, 0.25) is 0 Å². The van der Waals surface area contributed by atoms with E-state index in [1.807, 2.05) is 36.7 Å². The van der Waals surface area contributed by atoms with Crippen LogP contribution in [0.25, 0.3) is 0 Å². The summed E-state index contributed by atoms with van der Waals surface area (Å²) in [7, 11) is 3.27. The summed E-state index contributed by atoms with van der Waals surface area (Å²) < 4.78 is 12.9. The molecule has 3 rings (SSSR count). The van der Waals surface area contributed by atoms with E-state index in [4.69, 9.17) is 14.5 Å². The number of hydrogen-bond acceptors (Lipinski definition) is 4. The van der Waals surface area contributed by atoms with Crippen molar-refractivity contribution < 1.29 is 9.47 Å². The van der Waals surface area contributed by atoms with Crippen LogP contribution >= 0.6 is 0 Å². The zero-order valence-electron chi connectivity index (χ0n) is 18.5. The second-order valence-corrected chi connectivity index (χ2v) is 7.02. The molecule has 0 amide bonds. The summed E-state index contributed by atoms with van der Waals surface area (Å²) in [5.41, 5.74) is 2.31. The Hall–Kier alpha value is -3.48. The maximum atomic E-state index is 5.38. The highest BCUT2D eigenvalue weighted by atomic mass is 16.5. The Balaban J connectivity index is 1.57. The summed E-state index contributed by atoms with van der Waals surface area (Å²) in [4.78, 5) is 9.22. The average Bonchev–Trinajstić information content (AvgIpc) is 3.24. The van der Waals surface area contributed by atoms with Gasteiger partial charge in [0.05, 0.1) is 20.8 Å². The SMILES string of the molecule is CCNC(=NCc1ccc(OC)c(OC)c1)NCCc1nccn1Cc1ccccc1. The number of hydrogen-bond donors (Lipinski definition) is 2. The predicted octanol–water partition coefficient (Wildman–Crippen LogP) is 3.25. The number of aliphatic imine (C=N–C) groups is 1. The van der Waals surface area contributed by atoms with E-state index in [1.54, 1.807) is 14.2 Å². The standard InChI is InChI=1S/C24H31N5O2/c1-4-25-24(28-17-20-10-11-21(30-2)22(16-20)31-3)27-13-12-23-26-14-15-29(23)18-19-8-6-5-7-9-19/h5-11,14-16H,4,12-13,17-18H2,1-3H3,(H2,25,27,28). The van der Waals surface area contributed by atoms with Crippen molar-refractivity contribution in [3.05, 3.63) is 77.9 Å². The van der Waals surface area contributed by atoms with Crippen LogP contribution in [0.1, 0.15) is 23.9 Å². The van der Waals surface area contributed by atoms with Gasteiger partial charge in [-0.25, -0.2) is 9.98 Å². The normalized spacial score (nSPS) is 11.3. The number of nitrogens with one attached hydrogen (secondary N) is 2. The van der Waals surface area contributed by atoms with Gasteiger partial charge in [-0.15, -0.1) is 0 Å². The van der Waals surface area contributed by atoms with E-state index in [0.29, 0.717) is 18.0 Å². The molecule has 0 fully saturated rings. The monoisotopic (exact) mass is 421 g/mol. The molecule has 0 atom stereocenters. The number of aromatic nitrogens is 2. The topological polar surface area (TPSA) is 72.7 Å². The minimum absolute atomic E-state index is 0.540. The Bertz CT molecular complexity index is 969. The molecule has 3 aromatic rings. The maximum Gasteiger partial charge on any atom is 0.191 e. The van der Waals surface area contributed by atoms with E-state index in [9.17, 15) is 0 Å². The minimum Gasteiger partial charge on any atom is -0.493 e. The Morgan fingerprint density at radius 1 is 1.00 bits per heavy atom. The smallest absolute Gasteiger partial charge is 0.191 e. The quantitative estimate of drug-likeness (QED) is 0.388. The molecule has 2 aromatic carbocycles. The van der Waals surface area contributed by atoms with Crippen LogP contribution in [0.5, 0.6) is 11.5 Å². The van der Waals surface area contributed by atoms with Crippen molar-refractivity contribution in [2.75, 3.05) is 27.3 Å². The van der Waals surface area contributed by atoms with E-state index >= 15 is 0 Å². The fourth-order valence-electron chi connectivity index (χ4n) is 3.28. The molecule has 0 aliphatic carbocycles. The molecule has 0 aliphatic rings. The average molecular weight is 422 g/mol. The van der Waals surface area contributed by atoms with Crippen LogP contribution in [0.15, 0.2) is 65.9 Å². The lowest BCUT2D eigenvalue weighted by molar-refractivity contribution is 0.354. The van der Waals surface area contributed by atoms with E-state index in [2.05, 4.69) is 51.4 Å². The molecule has 31 heavy (non-hydrogen) atoms. The third kappa shape index (κ3) is 6.50. The largest absolute Gasteiger partial charge is 0.493 e. The second-order valence-electron chi connectivity index (χ2n) is 7.02. The highest BCUT2D eigenvalue weighted by molar-refractivity contribution is 5.79. The zero-order chi connectivity index (χ0) is 21.9. The van der Waals surface area contributed by atoms with Crippen molar-refractivity contribution >= 4 is 5.96 Å². The first-order valence-corrected chi connectivity index (χ1v) is 10.5. The molecule has 0 saturated carbocycles. The van der Waals surface area contributed by atoms with Crippen LogP contribution < -0.4 is 20.1 Å². The highest BCUT2D eigenvalue weighted by Crippen LogP contribution is 2.27. The second kappa shape index (κ2) is 11.6. The lowest BCUT2D eigenvalue weighted by Gasteiger charge is -2.13. The number of benzene rings is 2. The van der Waals surface area contributed by atoms with Crippen LogP contribution in [-0.2, 0) is 19.5 Å². The molecule has 0 aliphatic heterocycles. The lowest BCUT2D eigenvalue weighted by atomic mass is 10.2. The number of rotatable bonds is 10. The van der Waals surface area contributed by atoms with Gasteiger partial charge in [-0.05, 0) is 30.2 Å². The molecule has 2 N–H and O–H groups in total. The van der Waals surface area contributed by atoms with Gasteiger partial charge in [0, 0.05) is 38.4 Å². The predicted molar refractivity (Wildman–Crippen MR) is 124 cm³/mol. The van der Waals surface area contributed by atoms with Crippen LogP contribution in [-0.4, -0.2) is 42.8 Å².